The van der Waals surface area contributed by atoms with E-state index in [9.17, 15) is 22.8 Å². The van der Waals surface area contributed by atoms with Crippen LogP contribution in [0.2, 0.25) is 0 Å². The molecule has 2 amide bonds. The van der Waals surface area contributed by atoms with Gasteiger partial charge in [0.05, 0.1) is 11.0 Å². The van der Waals surface area contributed by atoms with Gasteiger partial charge in [-0.05, 0) is 96.5 Å². The fraction of sp³-hybridized carbons (Fsp3) is 0.235. The Balaban J connectivity index is 1.20. The molecule has 0 spiro atoms. The first-order valence-electron chi connectivity index (χ1n) is 13.8. The van der Waals surface area contributed by atoms with Gasteiger partial charge in [-0.25, -0.2) is 13.2 Å². The molecule has 7 heteroatoms. The van der Waals surface area contributed by atoms with Crippen molar-refractivity contribution in [2.45, 2.75) is 36.6 Å². The van der Waals surface area contributed by atoms with E-state index < -0.39 is 11.0 Å². The van der Waals surface area contributed by atoms with E-state index in [0.29, 0.717) is 37.1 Å². The van der Waals surface area contributed by atoms with Gasteiger partial charge in [0.25, 0.3) is 5.91 Å². The second-order valence-corrected chi connectivity index (χ2v) is 11.0. The highest BCUT2D eigenvalue weighted by Gasteiger charge is 2.51. The number of hydrogen-bond acceptors (Lipinski definition) is 2. The van der Waals surface area contributed by atoms with Gasteiger partial charge in [-0.1, -0.05) is 48.5 Å². The molecule has 4 nitrogen and oxygen atoms in total. The summed E-state index contributed by atoms with van der Waals surface area (Å²) < 4.78 is 40.6. The van der Waals surface area contributed by atoms with Crippen LogP contribution in [0.5, 0.6) is 0 Å². The van der Waals surface area contributed by atoms with Crippen LogP contribution in [0.25, 0.3) is 11.1 Å². The molecule has 2 fully saturated rings. The monoisotopic (exact) mass is 554 g/mol. The summed E-state index contributed by atoms with van der Waals surface area (Å²) in [4.78, 5) is 29.2. The van der Waals surface area contributed by atoms with Crippen LogP contribution in [0.4, 0.5) is 13.2 Å². The molecule has 1 heterocycles. The van der Waals surface area contributed by atoms with Crippen LogP contribution in [-0.4, -0.2) is 29.8 Å². The van der Waals surface area contributed by atoms with Crippen molar-refractivity contribution in [1.82, 2.24) is 10.2 Å². The Kier molecular flexibility index (Phi) is 6.89. The number of carbonyl (C=O) groups is 2. The van der Waals surface area contributed by atoms with Gasteiger partial charge in [0.15, 0.2) is 0 Å². The van der Waals surface area contributed by atoms with E-state index in [-0.39, 0.29) is 29.3 Å². The highest BCUT2D eigenvalue weighted by molar-refractivity contribution is 5.95. The molecular formula is C34H29F3N2O2. The highest BCUT2D eigenvalue weighted by Crippen LogP contribution is 2.47. The summed E-state index contributed by atoms with van der Waals surface area (Å²) in [7, 11) is 0. The Hall–Kier alpha value is -4.39. The maximum Gasteiger partial charge on any atom is 0.253 e. The lowest BCUT2D eigenvalue weighted by Gasteiger charge is -2.42. The maximum absolute atomic E-state index is 14.0. The minimum atomic E-state index is -0.938. The summed E-state index contributed by atoms with van der Waals surface area (Å²) in [6.45, 7) is 0.708. The summed E-state index contributed by atoms with van der Waals surface area (Å²) in [6.07, 6.45) is 2.26. The molecule has 4 aromatic rings. The Labute approximate surface area is 236 Å². The largest absolute Gasteiger partial charge is 0.346 e. The van der Waals surface area contributed by atoms with E-state index >= 15 is 0 Å². The first-order chi connectivity index (χ1) is 19.8. The van der Waals surface area contributed by atoms with Crippen molar-refractivity contribution >= 4 is 11.8 Å². The van der Waals surface area contributed by atoms with E-state index in [1.54, 1.807) is 53.4 Å². The lowest BCUT2D eigenvalue weighted by atomic mass is 9.71. The molecule has 0 radical (unpaired) electrons. The van der Waals surface area contributed by atoms with Gasteiger partial charge in [-0.2, -0.15) is 0 Å². The molecule has 1 aliphatic heterocycles. The molecule has 0 bridgehead atoms. The number of amides is 2. The third-order valence-electron chi connectivity index (χ3n) is 8.54. The minimum Gasteiger partial charge on any atom is -0.346 e. The van der Waals surface area contributed by atoms with Crippen LogP contribution >= 0.6 is 0 Å². The number of nitrogens with zero attached hydrogens (tertiary/aromatic N) is 1. The number of nitrogens with one attached hydrogen (secondary N) is 1. The van der Waals surface area contributed by atoms with Crippen molar-refractivity contribution in [2.24, 2.45) is 0 Å². The summed E-state index contributed by atoms with van der Waals surface area (Å²) in [5, 5.41) is 3.25. The van der Waals surface area contributed by atoms with E-state index in [0.717, 1.165) is 29.5 Å². The first-order valence-corrected chi connectivity index (χ1v) is 13.8. The second-order valence-electron chi connectivity index (χ2n) is 11.0. The van der Waals surface area contributed by atoms with Crippen LogP contribution in [0.3, 0.4) is 0 Å². The van der Waals surface area contributed by atoms with Crippen molar-refractivity contribution in [1.29, 1.82) is 0 Å². The molecule has 0 aromatic heterocycles. The Morgan fingerprint density at radius 2 is 1.02 bits per heavy atom. The number of hydrogen-bond donors (Lipinski definition) is 1. The third kappa shape index (κ3) is 5.24. The summed E-state index contributed by atoms with van der Waals surface area (Å²) in [5.41, 5.74) is 2.35. The maximum atomic E-state index is 14.0. The van der Waals surface area contributed by atoms with Crippen molar-refractivity contribution in [3.8, 4) is 11.1 Å². The summed E-state index contributed by atoms with van der Waals surface area (Å²) in [6, 6.07) is 25.6. The van der Waals surface area contributed by atoms with Gasteiger partial charge in [0.1, 0.15) is 17.5 Å². The molecule has 1 N–H and O–H groups in total. The fourth-order valence-corrected chi connectivity index (χ4v) is 5.85. The van der Waals surface area contributed by atoms with Crippen LogP contribution in [-0.2, 0) is 15.7 Å². The number of halogens is 3. The van der Waals surface area contributed by atoms with E-state index in [1.807, 2.05) is 12.1 Å². The predicted octanol–water partition coefficient (Wildman–Crippen LogP) is 6.75. The molecule has 1 aliphatic carbocycles. The van der Waals surface area contributed by atoms with Gasteiger partial charge < -0.3 is 10.2 Å². The average molecular weight is 555 g/mol. The van der Waals surface area contributed by atoms with E-state index in [1.165, 1.54) is 36.4 Å². The van der Waals surface area contributed by atoms with Gasteiger partial charge in [-0.15, -0.1) is 0 Å². The van der Waals surface area contributed by atoms with Crippen LogP contribution in [0, 0.1) is 17.5 Å². The molecule has 1 saturated heterocycles. The number of benzene rings is 4. The number of likely N-dealkylation sites (tertiary alicyclic amines) is 1. The molecule has 41 heavy (non-hydrogen) atoms. The Bertz CT molecular complexity index is 1550. The van der Waals surface area contributed by atoms with Gasteiger partial charge in [-0.3, -0.25) is 9.59 Å². The lowest BCUT2D eigenvalue weighted by Crippen LogP contribution is -2.54. The van der Waals surface area contributed by atoms with Gasteiger partial charge in [0.2, 0.25) is 5.91 Å². The quantitative estimate of drug-likeness (QED) is 0.287. The fourth-order valence-electron chi connectivity index (χ4n) is 5.85. The molecule has 0 unspecified atom stereocenters. The molecule has 208 valence electrons. The van der Waals surface area contributed by atoms with Crippen molar-refractivity contribution < 1.29 is 22.8 Å². The minimum absolute atomic E-state index is 0.131. The SMILES string of the molecule is O=C(c1ccc(-c2ccc(F)cc2)cc1)N1CCC(C(=O)NC2(c3ccc(F)cc3)CC2)(c2ccc(F)cc2)CC1. The zero-order chi connectivity index (χ0) is 28.6. The molecule has 4 aromatic carbocycles. The van der Waals surface area contributed by atoms with Crippen molar-refractivity contribution in [3.05, 3.63) is 131 Å². The number of piperidine rings is 1. The normalized spacial score (nSPS) is 17.1. The van der Waals surface area contributed by atoms with Crippen LogP contribution in [0.15, 0.2) is 97.1 Å². The standard InChI is InChI=1S/C34H29F3N2O2/c35-28-11-5-24(6-12-28)23-1-3-25(4-2-23)31(40)39-21-19-33(20-22-39,26-7-13-29(36)14-8-26)32(41)38-34(17-18-34)27-9-15-30(37)16-10-27/h1-16H,17-22H2,(H,38,41). The molecule has 0 atom stereocenters. The molecule has 1 saturated carbocycles. The first kappa shape index (κ1) is 26.8. The second kappa shape index (κ2) is 10.5. The third-order valence-corrected chi connectivity index (χ3v) is 8.54. The van der Waals surface area contributed by atoms with E-state index in [2.05, 4.69) is 5.32 Å². The summed E-state index contributed by atoms with van der Waals surface area (Å²) >= 11 is 0. The van der Waals surface area contributed by atoms with Gasteiger partial charge in [0, 0.05) is 18.7 Å². The van der Waals surface area contributed by atoms with Crippen molar-refractivity contribution in [3.63, 3.8) is 0 Å². The zero-order valence-electron chi connectivity index (χ0n) is 22.4. The van der Waals surface area contributed by atoms with Crippen LogP contribution < -0.4 is 5.32 Å². The smallest absolute Gasteiger partial charge is 0.253 e. The lowest BCUT2D eigenvalue weighted by molar-refractivity contribution is -0.129. The van der Waals surface area contributed by atoms with Crippen LogP contribution in [0.1, 0.15) is 47.2 Å². The Morgan fingerprint density at radius 3 is 1.51 bits per heavy atom. The Morgan fingerprint density at radius 1 is 0.585 bits per heavy atom. The highest BCUT2D eigenvalue weighted by atomic mass is 19.1. The van der Waals surface area contributed by atoms with Gasteiger partial charge >= 0.3 is 0 Å². The number of rotatable bonds is 6. The van der Waals surface area contributed by atoms with E-state index in [4.69, 9.17) is 0 Å². The number of carbonyl (C=O) groups excluding carboxylic acids is 2. The predicted molar refractivity (Wildman–Crippen MR) is 151 cm³/mol. The molecule has 2 aliphatic rings. The summed E-state index contributed by atoms with van der Waals surface area (Å²) in [5.74, 6) is -1.32. The average Bonchev–Trinajstić information content (AvgIpc) is 3.78. The molecular weight excluding hydrogens is 525 g/mol. The molecule has 6 rings (SSSR count). The van der Waals surface area contributed by atoms with Crippen molar-refractivity contribution in [2.75, 3.05) is 13.1 Å². The topological polar surface area (TPSA) is 49.4 Å². The zero-order valence-corrected chi connectivity index (χ0v) is 22.4.